The summed E-state index contributed by atoms with van der Waals surface area (Å²) in [7, 11) is 0. The summed E-state index contributed by atoms with van der Waals surface area (Å²) >= 11 is 0. The maximum Gasteiger partial charge on any atom is 0.158 e. The number of carbonyl (C=O) groups is 1. The van der Waals surface area contributed by atoms with E-state index in [0.717, 1.165) is 5.56 Å². The van der Waals surface area contributed by atoms with E-state index in [1.165, 1.54) is 0 Å². The van der Waals surface area contributed by atoms with Crippen LogP contribution in [0.5, 0.6) is 0 Å². The van der Waals surface area contributed by atoms with Gasteiger partial charge in [0.25, 0.3) is 0 Å². The van der Waals surface area contributed by atoms with Crippen molar-refractivity contribution >= 4 is 5.78 Å². The smallest absolute Gasteiger partial charge is 0.158 e. The highest BCUT2D eigenvalue weighted by molar-refractivity contribution is 5.80. The molecule has 2 nitrogen and oxygen atoms in total. The predicted molar refractivity (Wildman–Crippen MR) is 60.5 cm³/mol. The highest BCUT2D eigenvalue weighted by Gasteiger charge is 2.12. The van der Waals surface area contributed by atoms with E-state index in [1.807, 2.05) is 30.3 Å². The summed E-state index contributed by atoms with van der Waals surface area (Å²) in [6.07, 6.45) is 1.92. The maximum atomic E-state index is 11.2. The number of rotatable bonds is 6. The van der Waals surface area contributed by atoms with Gasteiger partial charge in [0.2, 0.25) is 0 Å². The quantitative estimate of drug-likeness (QED) is 0.666. The van der Waals surface area contributed by atoms with Crippen molar-refractivity contribution in [2.75, 3.05) is 0 Å². The van der Waals surface area contributed by atoms with Crippen LogP contribution in [0.4, 0.5) is 0 Å². The van der Waals surface area contributed by atoms with Crippen molar-refractivity contribution in [3.05, 3.63) is 48.6 Å². The summed E-state index contributed by atoms with van der Waals surface area (Å²) in [5, 5.41) is 0. The SMILES string of the molecule is C=CCC(OCc1ccccc1)C(C)=O. The molecule has 0 spiro atoms. The minimum absolute atomic E-state index is 0.0471. The largest absolute Gasteiger partial charge is 0.365 e. The van der Waals surface area contributed by atoms with Crippen LogP contribution in [0.3, 0.4) is 0 Å². The number of Topliss-reactive ketones (excluding diaryl/α,β-unsaturated/α-hetero) is 1. The molecule has 0 amide bonds. The molecule has 1 unspecified atom stereocenters. The molecular weight excluding hydrogens is 188 g/mol. The Labute approximate surface area is 90.6 Å². The number of ether oxygens (including phenoxy) is 1. The second kappa shape index (κ2) is 6.14. The van der Waals surface area contributed by atoms with E-state index < -0.39 is 0 Å². The van der Waals surface area contributed by atoms with E-state index in [1.54, 1.807) is 13.0 Å². The number of benzene rings is 1. The van der Waals surface area contributed by atoms with E-state index in [0.29, 0.717) is 13.0 Å². The second-order valence-electron chi connectivity index (χ2n) is 3.42. The molecule has 0 saturated carbocycles. The average Bonchev–Trinajstić information content (AvgIpc) is 2.25. The minimum Gasteiger partial charge on any atom is -0.365 e. The van der Waals surface area contributed by atoms with Crippen LogP contribution in [0.25, 0.3) is 0 Å². The third-order valence-corrected chi connectivity index (χ3v) is 2.13. The summed E-state index contributed by atoms with van der Waals surface area (Å²) in [6, 6.07) is 9.82. The Morgan fingerprint density at radius 2 is 2.13 bits per heavy atom. The zero-order valence-electron chi connectivity index (χ0n) is 8.98. The predicted octanol–water partition coefficient (Wildman–Crippen LogP) is 2.74. The Morgan fingerprint density at radius 3 is 2.67 bits per heavy atom. The topological polar surface area (TPSA) is 26.3 Å². The summed E-state index contributed by atoms with van der Waals surface area (Å²) in [6.45, 7) is 5.62. The van der Waals surface area contributed by atoms with Crippen molar-refractivity contribution in [3.8, 4) is 0 Å². The summed E-state index contributed by atoms with van der Waals surface area (Å²) < 4.78 is 5.51. The highest BCUT2D eigenvalue weighted by Crippen LogP contribution is 2.07. The number of hydrogen-bond acceptors (Lipinski definition) is 2. The third kappa shape index (κ3) is 4.09. The lowest BCUT2D eigenvalue weighted by Crippen LogP contribution is -2.20. The van der Waals surface area contributed by atoms with E-state index >= 15 is 0 Å². The molecule has 1 aromatic rings. The molecule has 0 aliphatic rings. The van der Waals surface area contributed by atoms with Crippen LogP contribution in [0, 0.1) is 0 Å². The standard InChI is InChI=1S/C13H16O2/c1-3-7-13(11(2)14)15-10-12-8-5-4-6-9-12/h3-6,8-9,13H,1,7,10H2,2H3. The molecular formula is C13H16O2. The molecule has 1 atom stereocenters. The fourth-order valence-electron chi connectivity index (χ4n) is 1.27. The summed E-state index contributed by atoms with van der Waals surface area (Å²) in [5.41, 5.74) is 1.08. The van der Waals surface area contributed by atoms with E-state index in [-0.39, 0.29) is 11.9 Å². The molecule has 80 valence electrons. The van der Waals surface area contributed by atoms with Crippen LogP contribution in [-0.4, -0.2) is 11.9 Å². The molecule has 0 saturated heterocycles. The maximum absolute atomic E-state index is 11.2. The summed E-state index contributed by atoms with van der Waals surface area (Å²) in [5.74, 6) is 0.0471. The van der Waals surface area contributed by atoms with Crippen LogP contribution in [0.2, 0.25) is 0 Å². The molecule has 0 N–H and O–H groups in total. The first-order chi connectivity index (χ1) is 7.24. The Morgan fingerprint density at radius 1 is 1.47 bits per heavy atom. The van der Waals surface area contributed by atoms with Gasteiger partial charge in [-0.05, 0) is 18.9 Å². The van der Waals surface area contributed by atoms with Gasteiger partial charge in [0.1, 0.15) is 6.10 Å². The van der Waals surface area contributed by atoms with E-state index in [9.17, 15) is 4.79 Å². The van der Waals surface area contributed by atoms with Gasteiger partial charge in [0.15, 0.2) is 5.78 Å². The molecule has 15 heavy (non-hydrogen) atoms. The van der Waals surface area contributed by atoms with Gasteiger partial charge in [-0.15, -0.1) is 6.58 Å². The fraction of sp³-hybridized carbons (Fsp3) is 0.308. The van der Waals surface area contributed by atoms with E-state index in [4.69, 9.17) is 4.74 Å². The molecule has 1 rings (SSSR count). The third-order valence-electron chi connectivity index (χ3n) is 2.13. The molecule has 2 heteroatoms. The molecule has 0 radical (unpaired) electrons. The van der Waals surface area contributed by atoms with Gasteiger partial charge in [0, 0.05) is 0 Å². The number of ketones is 1. The van der Waals surface area contributed by atoms with E-state index in [2.05, 4.69) is 6.58 Å². The van der Waals surface area contributed by atoms with Crippen molar-refractivity contribution < 1.29 is 9.53 Å². The van der Waals surface area contributed by atoms with Crippen LogP contribution in [0.15, 0.2) is 43.0 Å². The molecule has 0 aromatic heterocycles. The molecule has 0 aliphatic carbocycles. The molecule has 1 aromatic carbocycles. The van der Waals surface area contributed by atoms with Crippen molar-refractivity contribution in [3.63, 3.8) is 0 Å². The molecule has 0 fully saturated rings. The van der Waals surface area contributed by atoms with Gasteiger partial charge >= 0.3 is 0 Å². The van der Waals surface area contributed by atoms with Gasteiger partial charge in [0.05, 0.1) is 6.61 Å². The van der Waals surface area contributed by atoms with Gasteiger partial charge in [-0.1, -0.05) is 36.4 Å². The van der Waals surface area contributed by atoms with Gasteiger partial charge in [-0.2, -0.15) is 0 Å². The van der Waals surface area contributed by atoms with Crippen LogP contribution in [0.1, 0.15) is 18.9 Å². The van der Waals surface area contributed by atoms with Crippen molar-refractivity contribution in [2.45, 2.75) is 26.1 Å². The monoisotopic (exact) mass is 204 g/mol. The minimum atomic E-state index is -0.359. The Kier molecular flexibility index (Phi) is 4.78. The van der Waals surface area contributed by atoms with Crippen molar-refractivity contribution in [2.24, 2.45) is 0 Å². The first-order valence-electron chi connectivity index (χ1n) is 5.01. The van der Waals surface area contributed by atoms with Gasteiger partial charge in [-0.3, -0.25) is 4.79 Å². The van der Waals surface area contributed by atoms with Crippen LogP contribution < -0.4 is 0 Å². The zero-order valence-corrected chi connectivity index (χ0v) is 8.98. The summed E-state index contributed by atoms with van der Waals surface area (Å²) in [4.78, 5) is 11.2. The Balaban J connectivity index is 2.47. The molecule has 0 bridgehead atoms. The molecule has 0 aliphatic heterocycles. The van der Waals surface area contributed by atoms with Gasteiger partial charge in [-0.25, -0.2) is 0 Å². The zero-order chi connectivity index (χ0) is 11.1. The number of carbonyl (C=O) groups excluding carboxylic acids is 1. The lowest BCUT2D eigenvalue weighted by Gasteiger charge is -2.12. The Bertz CT molecular complexity index is 317. The fourth-order valence-corrected chi connectivity index (χ4v) is 1.27. The Hall–Kier alpha value is -1.41. The number of hydrogen-bond donors (Lipinski definition) is 0. The first-order valence-corrected chi connectivity index (χ1v) is 5.01. The normalized spacial score (nSPS) is 12.1. The second-order valence-corrected chi connectivity index (χ2v) is 3.42. The molecule has 0 heterocycles. The first kappa shape index (κ1) is 11.7. The van der Waals surface area contributed by atoms with Crippen molar-refractivity contribution in [1.82, 2.24) is 0 Å². The van der Waals surface area contributed by atoms with Crippen molar-refractivity contribution in [1.29, 1.82) is 0 Å². The lowest BCUT2D eigenvalue weighted by atomic mass is 10.2. The van der Waals surface area contributed by atoms with Gasteiger partial charge < -0.3 is 4.74 Å². The lowest BCUT2D eigenvalue weighted by molar-refractivity contribution is -0.128. The van der Waals surface area contributed by atoms with Crippen LogP contribution in [-0.2, 0) is 16.1 Å². The highest BCUT2D eigenvalue weighted by atomic mass is 16.5. The van der Waals surface area contributed by atoms with Crippen LogP contribution >= 0.6 is 0 Å². The average molecular weight is 204 g/mol.